The van der Waals surface area contributed by atoms with Crippen LogP contribution in [0.1, 0.15) is 72.1 Å². The first-order valence-electron chi connectivity index (χ1n) is 6.79. The maximum Gasteiger partial charge on any atom is -0.0357 e. The van der Waals surface area contributed by atoms with Crippen molar-refractivity contribution in [3.05, 3.63) is 0 Å². The van der Waals surface area contributed by atoms with Crippen LogP contribution in [0.2, 0.25) is 0 Å². The van der Waals surface area contributed by atoms with Crippen molar-refractivity contribution in [1.82, 2.24) is 0 Å². The standard InChI is InChI=1S/C14H28/c1-4-6-7-8-9-10-13-11-14(13)12(3)5-2/h12-14H,4-11H2,1-3H3. The Bertz CT molecular complexity index is 139. The molecule has 0 heterocycles. The molecule has 0 aromatic carbocycles. The molecule has 1 aliphatic carbocycles. The zero-order valence-corrected chi connectivity index (χ0v) is 10.4. The lowest BCUT2D eigenvalue weighted by Crippen LogP contribution is -1.96. The lowest BCUT2D eigenvalue weighted by Gasteiger charge is -2.06. The van der Waals surface area contributed by atoms with Gasteiger partial charge in [0, 0.05) is 0 Å². The molecule has 0 nitrogen and oxygen atoms in total. The van der Waals surface area contributed by atoms with E-state index in [9.17, 15) is 0 Å². The van der Waals surface area contributed by atoms with Gasteiger partial charge in [-0.2, -0.15) is 0 Å². The molecule has 0 bridgehead atoms. The van der Waals surface area contributed by atoms with Crippen molar-refractivity contribution in [2.75, 3.05) is 0 Å². The Labute approximate surface area is 90.5 Å². The van der Waals surface area contributed by atoms with Gasteiger partial charge in [-0.25, -0.2) is 0 Å². The zero-order valence-electron chi connectivity index (χ0n) is 10.4. The molecule has 0 N–H and O–H groups in total. The molecule has 1 fully saturated rings. The lowest BCUT2D eigenvalue weighted by molar-refractivity contribution is 0.442. The fraction of sp³-hybridized carbons (Fsp3) is 1.00. The van der Waals surface area contributed by atoms with Gasteiger partial charge in [0.15, 0.2) is 0 Å². The first kappa shape index (κ1) is 12.1. The van der Waals surface area contributed by atoms with Crippen LogP contribution >= 0.6 is 0 Å². The third kappa shape index (κ3) is 4.02. The Morgan fingerprint density at radius 1 is 1.07 bits per heavy atom. The molecule has 0 aromatic heterocycles. The molecule has 0 heteroatoms. The molecular formula is C14H28. The van der Waals surface area contributed by atoms with Gasteiger partial charge in [-0.1, -0.05) is 65.7 Å². The number of unbranched alkanes of at least 4 members (excludes halogenated alkanes) is 4. The van der Waals surface area contributed by atoms with Gasteiger partial charge in [0.05, 0.1) is 0 Å². The fourth-order valence-corrected chi connectivity index (χ4v) is 2.61. The molecule has 3 unspecified atom stereocenters. The van der Waals surface area contributed by atoms with E-state index in [2.05, 4.69) is 20.8 Å². The summed E-state index contributed by atoms with van der Waals surface area (Å²) in [6.45, 7) is 7.06. The van der Waals surface area contributed by atoms with Crippen LogP contribution in [-0.2, 0) is 0 Å². The van der Waals surface area contributed by atoms with Crippen molar-refractivity contribution in [3.63, 3.8) is 0 Å². The topological polar surface area (TPSA) is 0 Å². The molecule has 1 rings (SSSR count). The van der Waals surface area contributed by atoms with E-state index >= 15 is 0 Å². The molecule has 0 spiro atoms. The van der Waals surface area contributed by atoms with Gasteiger partial charge in [0.1, 0.15) is 0 Å². The van der Waals surface area contributed by atoms with E-state index in [0.29, 0.717) is 0 Å². The normalized spacial score (nSPS) is 27.6. The highest BCUT2D eigenvalue weighted by molar-refractivity contribution is 4.88. The molecular weight excluding hydrogens is 168 g/mol. The number of rotatable bonds is 8. The van der Waals surface area contributed by atoms with Crippen LogP contribution in [-0.4, -0.2) is 0 Å². The second-order valence-electron chi connectivity index (χ2n) is 5.25. The molecule has 0 aromatic rings. The smallest absolute Gasteiger partial charge is 0.0357 e. The van der Waals surface area contributed by atoms with E-state index in [1.54, 1.807) is 6.42 Å². The zero-order chi connectivity index (χ0) is 10.4. The third-order valence-corrected chi connectivity index (χ3v) is 4.03. The van der Waals surface area contributed by atoms with Gasteiger partial charge in [0.25, 0.3) is 0 Å². The van der Waals surface area contributed by atoms with Crippen LogP contribution < -0.4 is 0 Å². The van der Waals surface area contributed by atoms with Crippen molar-refractivity contribution in [2.45, 2.75) is 72.1 Å². The van der Waals surface area contributed by atoms with Crippen LogP contribution in [0.5, 0.6) is 0 Å². The first-order valence-corrected chi connectivity index (χ1v) is 6.79. The minimum atomic E-state index is 0.996. The molecule has 14 heavy (non-hydrogen) atoms. The summed E-state index contributed by atoms with van der Waals surface area (Å²) in [4.78, 5) is 0. The number of hydrogen-bond donors (Lipinski definition) is 0. The van der Waals surface area contributed by atoms with Crippen LogP contribution in [0, 0.1) is 17.8 Å². The third-order valence-electron chi connectivity index (χ3n) is 4.03. The highest BCUT2D eigenvalue weighted by atomic mass is 14.4. The second-order valence-corrected chi connectivity index (χ2v) is 5.25. The Kier molecular flexibility index (Phi) is 5.59. The van der Waals surface area contributed by atoms with Gasteiger partial charge >= 0.3 is 0 Å². The average Bonchev–Trinajstić information content (AvgIpc) is 2.96. The Morgan fingerprint density at radius 2 is 1.79 bits per heavy atom. The predicted octanol–water partition coefficient (Wildman–Crippen LogP) is 5.03. The maximum atomic E-state index is 2.43. The quantitative estimate of drug-likeness (QED) is 0.478. The maximum absolute atomic E-state index is 2.43. The van der Waals surface area contributed by atoms with Crippen LogP contribution in [0.3, 0.4) is 0 Å². The van der Waals surface area contributed by atoms with Crippen LogP contribution in [0.25, 0.3) is 0 Å². The van der Waals surface area contributed by atoms with Crippen molar-refractivity contribution in [3.8, 4) is 0 Å². The minimum absolute atomic E-state index is 0.996. The Balaban J connectivity index is 1.90. The van der Waals surface area contributed by atoms with Crippen molar-refractivity contribution < 1.29 is 0 Å². The van der Waals surface area contributed by atoms with Gasteiger partial charge in [0.2, 0.25) is 0 Å². The van der Waals surface area contributed by atoms with E-state index in [-0.39, 0.29) is 0 Å². The first-order chi connectivity index (χ1) is 6.79. The van der Waals surface area contributed by atoms with Crippen molar-refractivity contribution in [2.24, 2.45) is 17.8 Å². The van der Waals surface area contributed by atoms with Gasteiger partial charge in [-0.05, 0) is 24.2 Å². The molecule has 84 valence electrons. The fourth-order valence-electron chi connectivity index (χ4n) is 2.61. The van der Waals surface area contributed by atoms with E-state index < -0.39 is 0 Å². The summed E-state index contributed by atoms with van der Waals surface area (Å²) in [5.41, 5.74) is 0. The van der Waals surface area contributed by atoms with E-state index in [1.165, 1.54) is 44.9 Å². The molecule has 3 atom stereocenters. The summed E-state index contributed by atoms with van der Waals surface area (Å²) in [7, 11) is 0. The van der Waals surface area contributed by atoms with Gasteiger partial charge in [-0.15, -0.1) is 0 Å². The summed E-state index contributed by atoms with van der Waals surface area (Å²) in [5, 5.41) is 0. The monoisotopic (exact) mass is 196 g/mol. The summed E-state index contributed by atoms with van der Waals surface area (Å²) in [5.74, 6) is 3.22. The molecule has 0 radical (unpaired) electrons. The molecule has 0 aliphatic heterocycles. The highest BCUT2D eigenvalue weighted by Crippen LogP contribution is 2.48. The van der Waals surface area contributed by atoms with Crippen LogP contribution in [0.4, 0.5) is 0 Å². The minimum Gasteiger partial charge on any atom is -0.0654 e. The predicted molar refractivity (Wildman–Crippen MR) is 64.4 cm³/mol. The van der Waals surface area contributed by atoms with Crippen molar-refractivity contribution >= 4 is 0 Å². The van der Waals surface area contributed by atoms with E-state index in [0.717, 1.165) is 17.8 Å². The van der Waals surface area contributed by atoms with E-state index in [1.807, 2.05) is 0 Å². The molecule has 0 saturated heterocycles. The van der Waals surface area contributed by atoms with Gasteiger partial charge in [-0.3, -0.25) is 0 Å². The van der Waals surface area contributed by atoms with Gasteiger partial charge < -0.3 is 0 Å². The van der Waals surface area contributed by atoms with Crippen molar-refractivity contribution in [1.29, 1.82) is 0 Å². The molecule has 1 saturated carbocycles. The van der Waals surface area contributed by atoms with E-state index in [4.69, 9.17) is 0 Å². The lowest BCUT2D eigenvalue weighted by atomic mass is 9.99. The second kappa shape index (κ2) is 6.48. The van der Waals surface area contributed by atoms with Crippen LogP contribution in [0.15, 0.2) is 0 Å². The summed E-state index contributed by atoms with van der Waals surface area (Å²) < 4.78 is 0. The Hall–Kier alpha value is 0. The summed E-state index contributed by atoms with van der Waals surface area (Å²) in [6, 6.07) is 0. The number of hydrogen-bond acceptors (Lipinski definition) is 0. The highest BCUT2D eigenvalue weighted by Gasteiger charge is 2.38. The SMILES string of the molecule is CCCCCCCC1CC1C(C)CC. The molecule has 0 amide bonds. The Morgan fingerprint density at radius 3 is 2.43 bits per heavy atom. The summed E-state index contributed by atoms with van der Waals surface area (Å²) >= 11 is 0. The average molecular weight is 196 g/mol. The molecule has 1 aliphatic rings. The summed E-state index contributed by atoms with van der Waals surface area (Å²) in [6.07, 6.45) is 11.7. The largest absolute Gasteiger partial charge is 0.0654 e.